The molecule has 0 heterocycles. The molecule has 0 spiro atoms. The van der Waals surface area contributed by atoms with Crippen molar-refractivity contribution >= 4 is 17.8 Å². The van der Waals surface area contributed by atoms with Gasteiger partial charge in [-0.15, -0.1) is 11.8 Å². The van der Waals surface area contributed by atoms with E-state index in [1.807, 2.05) is 11.8 Å². The molecule has 1 aromatic rings. The number of allylic oxidation sites excluding steroid dienone is 1. The van der Waals surface area contributed by atoms with Crippen molar-refractivity contribution in [1.29, 1.82) is 0 Å². The lowest BCUT2D eigenvalue weighted by Gasteiger charge is -1.95. The summed E-state index contributed by atoms with van der Waals surface area (Å²) in [6.45, 7) is 0. The van der Waals surface area contributed by atoms with Gasteiger partial charge < -0.3 is 0 Å². The second-order valence-corrected chi connectivity index (χ2v) is 3.62. The zero-order valence-corrected chi connectivity index (χ0v) is 7.32. The van der Waals surface area contributed by atoms with Crippen molar-refractivity contribution < 1.29 is 0 Å². The van der Waals surface area contributed by atoms with Gasteiger partial charge in [0.05, 0.1) is 0 Å². The average Bonchev–Trinajstić information content (AvgIpc) is 2.46. The van der Waals surface area contributed by atoms with Gasteiger partial charge in [0.1, 0.15) is 0 Å². The highest BCUT2D eigenvalue weighted by atomic mass is 32.2. The van der Waals surface area contributed by atoms with E-state index in [0.717, 1.165) is 6.42 Å². The molecular formula is C10H10S. The summed E-state index contributed by atoms with van der Waals surface area (Å²) in [6.07, 6.45) is 5.55. The minimum absolute atomic E-state index is 1.14. The van der Waals surface area contributed by atoms with Crippen molar-refractivity contribution in [2.24, 2.45) is 0 Å². The van der Waals surface area contributed by atoms with Gasteiger partial charge in [0.25, 0.3) is 0 Å². The molecule has 1 aliphatic rings. The van der Waals surface area contributed by atoms with E-state index in [9.17, 15) is 0 Å². The zero-order chi connectivity index (χ0) is 7.68. The van der Waals surface area contributed by atoms with Crippen molar-refractivity contribution in [2.75, 3.05) is 6.26 Å². The van der Waals surface area contributed by atoms with Crippen molar-refractivity contribution in [3.05, 3.63) is 40.3 Å². The summed E-state index contributed by atoms with van der Waals surface area (Å²) in [6, 6.07) is 8.59. The molecule has 11 heavy (non-hydrogen) atoms. The Morgan fingerprint density at radius 1 is 1.27 bits per heavy atom. The zero-order valence-electron chi connectivity index (χ0n) is 6.50. The van der Waals surface area contributed by atoms with Crippen LogP contribution in [0.25, 0.3) is 6.08 Å². The summed E-state index contributed by atoms with van der Waals surface area (Å²) >= 11 is 1.85. The third-order valence-corrected chi connectivity index (χ3v) is 2.79. The van der Waals surface area contributed by atoms with Gasteiger partial charge in [-0.3, -0.25) is 0 Å². The van der Waals surface area contributed by atoms with Crippen molar-refractivity contribution in [3.8, 4) is 0 Å². The fourth-order valence-corrected chi connectivity index (χ4v) is 1.92. The molecule has 0 saturated carbocycles. The van der Waals surface area contributed by atoms with Crippen molar-refractivity contribution in [2.45, 2.75) is 6.42 Å². The molecule has 0 radical (unpaired) electrons. The Bertz CT molecular complexity index is 299. The van der Waals surface area contributed by atoms with Crippen LogP contribution in [0.4, 0.5) is 0 Å². The molecule has 56 valence electrons. The summed E-state index contributed by atoms with van der Waals surface area (Å²) < 4.78 is 0. The predicted octanol–water partition coefficient (Wildman–Crippen LogP) is 2.95. The molecule has 0 N–H and O–H groups in total. The summed E-state index contributed by atoms with van der Waals surface area (Å²) in [5.41, 5.74) is 2.87. The average molecular weight is 162 g/mol. The highest BCUT2D eigenvalue weighted by Gasteiger charge is 2.09. The van der Waals surface area contributed by atoms with Gasteiger partial charge in [-0.25, -0.2) is 0 Å². The van der Waals surface area contributed by atoms with Crippen LogP contribution in [0, 0.1) is 0 Å². The summed E-state index contributed by atoms with van der Waals surface area (Å²) in [4.78, 5) is 1.48. The van der Waals surface area contributed by atoms with Crippen LogP contribution < -0.4 is 0 Å². The molecule has 2 rings (SSSR count). The van der Waals surface area contributed by atoms with E-state index in [1.54, 1.807) is 0 Å². The first-order chi connectivity index (χ1) is 5.40. The lowest BCUT2D eigenvalue weighted by Crippen LogP contribution is -1.79. The Morgan fingerprint density at radius 3 is 2.82 bits per heavy atom. The van der Waals surface area contributed by atoms with Gasteiger partial charge in [0, 0.05) is 6.42 Å². The second kappa shape index (κ2) is 2.74. The van der Waals surface area contributed by atoms with Crippen LogP contribution in [-0.4, -0.2) is 6.26 Å². The molecule has 1 aliphatic carbocycles. The van der Waals surface area contributed by atoms with Gasteiger partial charge in [0.15, 0.2) is 0 Å². The first-order valence-electron chi connectivity index (χ1n) is 3.72. The van der Waals surface area contributed by atoms with Gasteiger partial charge >= 0.3 is 0 Å². The molecule has 0 amide bonds. The molecule has 0 bridgehead atoms. The van der Waals surface area contributed by atoms with Crippen LogP contribution >= 0.6 is 11.8 Å². The minimum atomic E-state index is 1.14. The van der Waals surface area contributed by atoms with Gasteiger partial charge in [-0.1, -0.05) is 24.3 Å². The molecule has 0 unspecified atom stereocenters. The predicted molar refractivity (Wildman–Crippen MR) is 51.6 cm³/mol. The number of thioether (sulfide) groups is 1. The maximum atomic E-state index is 2.28. The topological polar surface area (TPSA) is 0 Å². The van der Waals surface area contributed by atoms with Crippen LogP contribution in [0.5, 0.6) is 0 Å². The summed E-state index contributed by atoms with van der Waals surface area (Å²) in [7, 11) is 0. The Hall–Kier alpha value is -0.690. The second-order valence-electron chi connectivity index (χ2n) is 2.69. The Kier molecular flexibility index (Phi) is 1.74. The Morgan fingerprint density at radius 2 is 2.09 bits per heavy atom. The molecule has 0 aromatic heterocycles. The molecule has 0 saturated heterocycles. The molecule has 0 nitrogen and oxygen atoms in total. The molecule has 0 atom stereocenters. The largest absolute Gasteiger partial charge is 0.134 e. The van der Waals surface area contributed by atoms with Crippen LogP contribution in [0.1, 0.15) is 11.1 Å². The summed E-state index contributed by atoms with van der Waals surface area (Å²) in [5, 5.41) is 0. The molecule has 1 heteroatoms. The normalized spacial score (nSPS) is 14.5. The number of benzene rings is 1. The van der Waals surface area contributed by atoms with E-state index >= 15 is 0 Å². The maximum Gasteiger partial charge on any atom is 0.00404 e. The first kappa shape index (κ1) is 6.99. The third-order valence-electron chi connectivity index (χ3n) is 2.00. The fraction of sp³-hybridized carbons (Fsp3) is 0.200. The minimum Gasteiger partial charge on any atom is -0.134 e. The van der Waals surface area contributed by atoms with Crippen LogP contribution in [0.2, 0.25) is 0 Å². The Balaban J connectivity index is 2.39. The Labute approximate surface area is 71.3 Å². The van der Waals surface area contributed by atoms with E-state index in [0.29, 0.717) is 0 Å². The quantitative estimate of drug-likeness (QED) is 0.611. The number of rotatable bonds is 1. The number of hydrogen-bond acceptors (Lipinski definition) is 1. The molecular weight excluding hydrogens is 152 g/mol. The number of hydrogen-bond donors (Lipinski definition) is 0. The van der Waals surface area contributed by atoms with E-state index < -0.39 is 0 Å². The van der Waals surface area contributed by atoms with Gasteiger partial charge in [-0.2, -0.15) is 0 Å². The lowest BCUT2D eigenvalue weighted by molar-refractivity contribution is 1.29. The van der Waals surface area contributed by atoms with Crippen molar-refractivity contribution in [1.82, 2.24) is 0 Å². The fourth-order valence-electron chi connectivity index (χ4n) is 1.38. The highest BCUT2D eigenvalue weighted by molar-refractivity contribution is 8.02. The van der Waals surface area contributed by atoms with Crippen LogP contribution in [0.3, 0.4) is 0 Å². The maximum absolute atomic E-state index is 2.28. The molecule has 0 aliphatic heterocycles. The van der Waals surface area contributed by atoms with E-state index in [4.69, 9.17) is 0 Å². The first-order valence-corrected chi connectivity index (χ1v) is 4.95. The molecule has 0 fully saturated rings. The van der Waals surface area contributed by atoms with E-state index in [2.05, 4.69) is 36.6 Å². The standard InChI is InChI=1S/C10H10S/c1-11-10-6-8-4-2-3-5-9(8)7-10/h2-6H,7H2,1H3. The number of fused-ring (bicyclic) bond motifs is 1. The van der Waals surface area contributed by atoms with Gasteiger partial charge in [-0.05, 0) is 28.4 Å². The monoisotopic (exact) mass is 162 g/mol. The van der Waals surface area contributed by atoms with E-state index in [-0.39, 0.29) is 0 Å². The van der Waals surface area contributed by atoms with Crippen molar-refractivity contribution in [3.63, 3.8) is 0 Å². The third kappa shape index (κ3) is 1.21. The summed E-state index contributed by atoms with van der Waals surface area (Å²) in [5.74, 6) is 0. The lowest BCUT2D eigenvalue weighted by atomic mass is 10.1. The SMILES string of the molecule is CSC1=Cc2ccccc2C1. The van der Waals surface area contributed by atoms with Crippen LogP contribution in [-0.2, 0) is 6.42 Å². The smallest absolute Gasteiger partial charge is 0.00404 e. The van der Waals surface area contributed by atoms with Crippen LogP contribution in [0.15, 0.2) is 29.2 Å². The van der Waals surface area contributed by atoms with Gasteiger partial charge in [0.2, 0.25) is 0 Å². The highest BCUT2D eigenvalue weighted by Crippen LogP contribution is 2.29. The van der Waals surface area contributed by atoms with E-state index in [1.165, 1.54) is 16.0 Å². The molecule has 1 aromatic carbocycles.